The maximum atomic E-state index is 4.28. The molecule has 4 nitrogen and oxygen atoms in total. The SMILES string of the molecule is CCNc1nccnc1-c1ccccn1. The largest absolute Gasteiger partial charge is 0.368 e. The first kappa shape index (κ1) is 9.58. The van der Waals surface area contributed by atoms with Gasteiger partial charge in [0.05, 0.1) is 5.69 Å². The molecular weight excluding hydrogens is 188 g/mol. The van der Waals surface area contributed by atoms with Crippen LogP contribution in [-0.2, 0) is 0 Å². The van der Waals surface area contributed by atoms with Crippen LogP contribution >= 0.6 is 0 Å². The van der Waals surface area contributed by atoms with Gasteiger partial charge in [-0.2, -0.15) is 0 Å². The first-order valence-electron chi connectivity index (χ1n) is 4.88. The Labute approximate surface area is 88.4 Å². The third-order valence-electron chi connectivity index (χ3n) is 1.95. The van der Waals surface area contributed by atoms with Gasteiger partial charge in [0.25, 0.3) is 0 Å². The van der Waals surface area contributed by atoms with Crippen LogP contribution in [0.3, 0.4) is 0 Å². The number of nitrogens with one attached hydrogen (secondary N) is 1. The number of aromatic nitrogens is 3. The molecule has 0 unspecified atom stereocenters. The summed E-state index contributed by atoms with van der Waals surface area (Å²) in [5.41, 5.74) is 1.63. The van der Waals surface area contributed by atoms with E-state index in [1.54, 1.807) is 18.6 Å². The average molecular weight is 200 g/mol. The van der Waals surface area contributed by atoms with Crippen LogP contribution in [-0.4, -0.2) is 21.5 Å². The topological polar surface area (TPSA) is 50.7 Å². The highest BCUT2D eigenvalue weighted by Crippen LogP contribution is 2.20. The zero-order valence-electron chi connectivity index (χ0n) is 8.51. The molecule has 0 aliphatic rings. The molecule has 0 spiro atoms. The van der Waals surface area contributed by atoms with Gasteiger partial charge in [0.15, 0.2) is 5.82 Å². The summed E-state index contributed by atoms with van der Waals surface area (Å²) in [6, 6.07) is 5.74. The third kappa shape index (κ3) is 2.10. The van der Waals surface area contributed by atoms with Crippen LogP contribution in [0.2, 0.25) is 0 Å². The van der Waals surface area contributed by atoms with Crippen molar-refractivity contribution in [2.45, 2.75) is 6.92 Å². The maximum Gasteiger partial charge on any atom is 0.154 e. The van der Waals surface area contributed by atoms with Crippen molar-refractivity contribution in [3.8, 4) is 11.4 Å². The molecule has 0 fully saturated rings. The Morgan fingerprint density at radius 1 is 1.07 bits per heavy atom. The Morgan fingerprint density at radius 2 is 1.93 bits per heavy atom. The van der Waals surface area contributed by atoms with Gasteiger partial charge in [-0.15, -0.1) is 0 Å². The summed E-state index contributed by atoms with van der Waals surface area (Å²) < 4.78 is 0. The predicted octanol–water partition coefficient (Wildman–Crippen LogP) is 1.97. The molecule has 0 radical (unpaired) electrons. The second-order valence-corrected chi connectivity index (χ2v) is 3.00. The molecule has 1 N–H and O–H groups in total. The number of rotatable bonds is 3. The average Bonchev–Trinajstić information content (AvgIpc) is 2.31. The first-order chi connectivity index (χ1) is 7.42. The summed E-state index contributed by atoms with van der Waals surface area (Å²) in [6.45, 7) is 2.84. The number of anilines is 1. The molecule has 76 valence electrons. The number of pyridine rings is 1. The van der Waals surface area contributed by atoms with Crippen molar-refractivity contribution in [1.29, 1.82) is 0 Å². The Balaban J connectivity index is 2.43. The fraction of sp³-hybridized carbons (Fsp3) is 0.182. The Bertz CT molecular complexity index is 428. The maximum absolute atomic E-state index is 4.28. The lowest BCUT2D eigenvalue weighted by Gasteiger charge is -2.06. The number of hydrogen-bond donors (Lipinski definition) is 1. The molecule has 2 aromatic rings. The molecule has 2 aromatic heterocycles. The van der Waals surface area contributed by atoms with E-state index in [0.29, 0.717) is 0 Å². The minimum atomic E-state index is 0.777. The van der Waals surface area contributed by atoms with Crippen LogP contribution in [0.4, 0.5) is 5.82 Å². The van der Waals surface area contributed by atoms with Crippen LogP contribution in [0.1, 0.15) is 6.92 Å². The molecule has 0 atom stereocenters. The first-order valence-corrected chi connectivity index (χ1v) is 4.88. The molecule has 0 aliphatic carbocycles. The zero-order valence-corrected chi connectivity index (χ0v) is 8.51. The molecule has 2 heterocycles. The summed E-state index contributed by atoms with van der Waals surface area (Å²) in [4.78, 5) is 12.8. The van der Waals surface area contributed by atoms with Gasteiger partial charge in [0, 0.05) is 25.1 Å². The lowest BCUT2D eigenvalue weighted by Crippen LogP contribution is -2.02. The highest BCUT2D eigenvalue weighted by atomic mass is 15.0. The molecule has 4 heteroatoms. The molecular formula is C11H12N4. The van der Waals surface area contributed by atoms with Gasteiger partial charge in [-0.1, -0.05) is 6.07 Å². The molecule has 2 rings (SSSR count). The molecule has 0 bridgehead atoms. The van der Waals surface area contributed by atoms with Crippen LogP contribution in [0.5, 0.6) is 0 Å². The smallest absolute Gasteiger partial charge is 0.154 e. The summed E-state index contributed by atoms with van der Waals surface area (Å²) >= 11 is 0. The minimum Gasteiger partial charge on any atom is -0.368 e. The van der Waals surface area contributed by atoms with E-state index in [4.69, 9.17) is 0 Å². The second-order valence-electron chi connectivity index (χ2n) is 3.00. The van der Waals surface area contributed by atoms with Gasteiger partial charge in [0.1, 0.15) is 5.69 Å². The van der Waals surface area contributed by atoms with Gasteiger partial charge in [-0.05, 0) is 19.1 Å². The van der Waals surface area contributed by atoms with Gasteiger partial charge in [0.2, 0.25) is 0 Å². The van der Waals surface area contributed by atoms with Crippen molar-refractivity contribution in [1.82, 2.24) is 15.0 Å². The van der Waals surface area contributed by atoms with Crippen molar-refractivity contribution in [3.63, 3.8) is 0 Å². The van der Waals surface area contributed by atoms with Crippen LogP contribution in [0.15, 0.2) is 36.8 Å². The van der Waals surface area contributed by atoms with E-state index in [1.807, 2.05) is 25.1 Å². The lowest BCUT2D eigenvalue weighted by atomic mass is 10.2. The van der Waals surface area contributed by atoms with Gasteiger partial charge in [-0.3, -0.25) is 4.98 Å². The van der Waals surface area contributed by atoms with Crippen LogP contribution < -0.4 is 5.32 Å². The number of hydrogen-bond acceptors (Lipinski definition) is 4. The highest BCUT2D eigenvalue weighted by Gasteiger charge is 2.06. The molecule has 0 saturated heterocycles. The minimum absolute atomic E-state index is 0.777. The highest BCUT2D eigenvalue weighted by molar-refractivity contribution is 5.67. The van der Waals surface area contributed by atoms with E-state index in [9.17, 15) is 0 Å². The van der Waals surface area contributed by atoms with E-state index in [-0.39, 0.29) is 0 Å². The Hall–Kier alpha value is -1.97. The molecule has 0 saturated carbocycles. The molecule has 0 amide bonds. The quantitative estimate of drug-likeness (QED) is 0.823. The standard InChI is InChI=1S/C11H12N4/c1-2-12-11-10(14-7-8-15-11)9-5-3-4-6-13-9/h3-8H,2H2,1H3,(H,12,15). The fourth-order valence-corrected chi connectivity index (χ4v) is 1.33. The van der Waals surface area contributed by atoms with Gasteiger partial charge < -0.3 is 5.32 Å². The normalized spacial score (nSPS) is 9.93. The van der Waals surface area contributed by atoms with Crippen LogP contribution in [0, 0.1) is 0 Å². The fourth-order valence-electron chi connectivity index (χ4n) is 1.33. The van der Waals surface area contributed by atoms with Gasteiger partial charge >= 0.3 is 0 Å². The summed E-state index contributed by atoms with van der Waals surface area (Å²) in [6.07, 6.45) is 5.09. The molecule has 0 aromatic carbocycles. The van der Waals surface area contributed by atoms with Crippen molar-refractivity contribution in [2.75, 3.05) is 11.9 Å². The van der Waals surface area contributed by atoms with E-state index in [1.165, 1.54) is 0 Å². The van der Waals surface area contributed by atoms with E-state index in [0.717, 1.165) is 23.8 Å². The lowest BCUT2D eigenvalue weighted by molar-refractivity contribution is 1.11. The molecule has 15 heavy (non-hydrogen) atoms. The zero-order chi connectivity index (χ0) is 10.5. The van der Waals surface area contributed by atoms with E-state index >= 15 is 0 Å². The summed E-state index contributed by atoms with van der Waals surface area (Å²) in [5, 5.41) is 3.16. The summed E-state index contributed by atoms with van der Waals surface area (Å²) in [7, 11) is 0. The molecule has 0 aliphatic heterocycles. The van der Waals surface area contributed by atoms with Crippen molar-refractivity contribution >= 4 is 5.82 Å². The predicted molar refractivity (Wildman–Crippen MR) is 59.4 cm³/mol. The second kappa shape index (κ2) is 4.50. The van der Waals surface area contributed by atoms with Crippen molar-refractivity contribution < 1.29 is 0 Å². The van der Waals surface area contributed by atoms with Crippen LogP contribution in [0.25, 0.3) is 11.4 Å². The Kier molecular flexibility index (Phi) is 2.88. The van der Waals surface area contributed by atoms with Crippen molar-refractivity contribution in [3.05, 3.63) is 36.8 Å². The third-order valence-corrected chi connectivity index (χ3v) is 1.95. The monoisotopic (exact) mass is 200 g/mol. The summed E-state index contributed by atoms with van der Waals surface area (Å²) in [5.74, 6) is 0.777. The van der Waals surface area contributed by atoms with E-state index in [2.05, 4.69) is 20.3 Å². The van der Waals surface area contributed by atoms with Gasteiger partial charge in [-0.25, -0.2) is 9.97 Å². The Morgan fingerprint density at radius 3 is 2.67 bits per heavy atom. The van der Waals surface area contributed by atoms with E-state index < -0.39 is 0 Å². The van der Waals surface area contributed by atoms with Crippen molar-refractivity contribution in [2.24, 2.45) is 0 Å². The number of nitrogens with zero attached hydrogens (tertiary/aromatic N) is 3.